The molecule has 0 aliphatic heterocycles. The molecule has 2 aromatic rings. The molecule has 5 heteroatoms. The molecule has 5 nitrogen and oxygen atoms in total. The summed E-state index contributed by atoms with van der Waals surface area (Å²) in [5.41, 5.74) is 0.925. The summed E-state index contributed by atoms with van der Waals surface area (Å²) in [5.74, 6) is -0.604. The number of aliphatic hydroxyl groups is 1. The second-order valence-corrected chi connectivity index (χ2v) is 6.39. The Labute approximate surface area is 142 Å². The molecule has 0 aliphatic carbocycles. The molecule has 3 N–H and O–H groups in total. The molecule has 0 saturated carbocycles. The van der Waals surface area contributed by atoms with E-state index in [0.29, 0.717) is 17.8 Å². The molecule has 0 saturated heterocycles. The minimum Gasteiger partial charge on any atom is -0.396 e. The van der Waals surface area contributed by atoms with Crippen LogP contribution in [0.5, 0.6) is 0 Å². The van der Waals surface area contributed by atoms with E-state index in [4.69, 9.17) is 5.11 Å². The van der Waals surface area contributed by atoms with Crippen LogP contribution < -0.4 is 10.6 Å². The van der Waals surface area contributed by atoms with Gasteiger partial charge in [0.25, 0.3) is 5.91 Å². The third kappa shape index (κ3) is 4.32. The number of nitrogens with one attached hydrogen (secondary N) is 2. The first-order chi connectivity index (χ1) is 11.4. The van der Waals surface area contributed by atoms with Gasteiger partial charge in [-0.2, -0.15) is 0 Å². The lowest BCUT2D eigenvalue weighted by atomic mass is 10.0. The zero-order chi connectivity index (χ0) is 17.7. The van der Waals surface area contributed by atoms with Gasteiger partial charge in [0.05, 0.1) is 11.3 Å². The number of hydrogen-bond acceptors (Lipinski definition) is 3. The van der Waals surface area contributed by atoms with Crippen molar-refractivity contribution in [2.24, 2.45) is 11.8 Å². The van der Waals surface area contributed by atoms with Gasteiger partial charge in [-0.3, -0.25) is 9.59 Å². The Kier molecular flexibility index (Phi) is 5.93. The van der Waals surface area contributed by atoms with Crippen LogP contribution in [-0.4, -0.2) is 30.1 Å². The summed E-state index contributed by atoms with van der Waals surface area (Å²) in [6.45, 7) is 5.84. The zero-order valence-corrected chi connectivity index (χ0v) is 14.3. The summed E-state index contributed by atoms with van der Waals surface area (Å²) in [5, 5.41) is 16.6. The zero-order valence-electron chi connectivity index (χ0n) is 14.3. The van der Waals surface area contributed by atoms with Crippen LogP contribution in [0.1, 0.15) is 31.1 Å². The summed E-state index contributed by atoms with van der Waals surface area (Å²) in [6.07, 6.45) is 0. The fraction of sp³-hybridized carbons (Fsp3) is 0.368. The maximum absolute atomic E-state index is 12.5. The molecule has 1 unspecified atom stereocenters. The van der Waals surface area contributed by atoms with E-state index in [1.165, 1.54) is 0 Å². The second kappa shape index (κ2) is 7.93. The average molecular weight is 328 g/mol. The number of amides is 2. The normalized spacial score (nSPS) is 12.2. The van der Waals surface area contributed by atoms with Crippen molar-refractivity contribution in [2.45, 2.75) is 20.8 Å². The maximum atomic E-state index is 12.5. The monoisotopic (exact) mass is 328 g/mol. The van der Waals surface area contributed by atoms with Crippen LogP contribution >= 0.6 is 0 Å². The Hall–Kier alpha value is -2.40. The molecule has 2 amide bonds. The van der Waals surface area contributed by atoms with Gasteiger partial charge in [0.2, 0.25) is 5.91 Å². The molecule has 0 aliphatic rings. The van der Waals surface area contributed by atoms with E-state index in [1.807, 2.05) is 37.3 Å². The Morgan fingerprint density at radius 1 is 1.08 bits per heavy atom. The minimum atomic E-state index is -0.264. The lowest BCUT2D eigenvalue weighted by Gasteiger charge is -2.15. The van der Waals surface area contributed by atoms with Crippen molar-refractivity contribution in [1.29, 1.82) is 0 Å². The van der Waals surface area contributed by atoms with Crippen LogP contribution in [0.25, 0.3) is 10.8 Å². The predicted octanol–water partition coefficient (Wildman–Crippen LogP) is 2.79. The number of rotatable bonds is 6. The van der Waals surface area contributed by atoms with Crippen molar-refractivity contribution >= 4 is 28.3 Å². The number of carbonyl (C=O) groups excluding carboxylic acids is 2. The van der Waals surface area contributed by atoms with Crippen molar-refractivity contribution in [1.82, 2.24) is 5.32 Å². The Morgan fingerprint density at radius 3 is 2.29 bits per heavy atom. The lowest BCUT2D eigenvalue weighted by molar-refractivity contribution is -0.118. The molecule has 2 rings (SSSR count). The van der Waals surface area contributed by atoms with E-state index in [1.54, 1.807) is 19.9 Å². The summed E-state index contributed by atoms with van der Waals surface area (Å²) in [4.78, 5) is 24.6. The number of fused-ring (bicyclic) bond motifs is 1. The lowest BCUT2D eigenvalue weighted by Crippen LogP contribution is -2.30. The van der Waals surface area contributed by atoms with E-state index in [-0.39, 0.29) is 30.3 Å². The molecule has 0 fully saturated rings. The van der Waals surface area contributed by atoms with Crippen LogP contribution in [-0.2, 0) is 4.79 Å². The first-order valence-electron chi connectivity index (χ1n) is 8.15. The third-order valence-electron chi connectivity index (χ3n) is 3.84. The quantitative estimate of drug-likeness (QED) is 0.763. The fourth-order valence-corrected chi connectivity index (χ4v) is 2.24. The standard InChI is InChI=1S/C19H24N2O3/c1-12(2)18(23)21-17-9-15-7-5-4-6-14(15)8-16(17)19(24)20-10-13(3)11-22/h4-9,12-13,22H,10-11H2,1-3H3,(H,20,24)(H,21,23). The van der Waals surface area contributed by atoms with Crippen LogP contribution in [0, 0.1) is 11.8 Å². The molecule has 1 atom stereocenters. The van der Waals surface area contributed by atoms with Crippen molar-refractivity contribution in [3.05, 3.63) is 42.0 Å². The van der Waals surface area contributed by atoms with E-state index < -0.39 is 0 Å². The molecule has 128 valence electrons. The van der Waals surface area contributed by atoms with Crippen molar-refractivity contribution in [3.63, 3.8) is 0 Å². The van der Waals surface area contributed by atoms with Gasteiger partial charge in [-0.15, -0.1) is 0 Å². The van der Waals surface area contributed by atoms with Crippen molar-refractivity contribution in [2.75, 3.05) is 18.5 Å². The molecule has 2 aromatic carbocycles. The van der Waals surface area contributed by atoms with E-state index in [0.717, 1.165) is 10.8 Å². The van der Waals surface area contributed by atoms with Gasteiger partial charge < -0.3 is 15.7 Å². The molecule has 0 heterocycles. The maximum Gasteiger partial charge on any atom is 0.253 e. The summed E-state index contributed by atoms with van der Waals surface area (Å²) >= 11 is 0. The van der Waals surface area contributed by atoms with Gasteiger partial charge in [-0.25, -0.2) is 0 Å². The summed E-state index contributed by atoms with van der Waals surface area (Å²) in [6, 6.07) is 11.3. The van der Waals surface area contributed by atoms with E-state index >= 15 is 0 Å². The first kappa shape index (κ1) is 17.9. The largest absolute Gasteiger partial charge is 0.396 e. The van der Waals surface area contributed by atoms with Crippen LogP contribution in [0.2, 0.25) is 0 Å². The molecule has 24 heavy (non-hydrogen) atoms. The number of aliphatic hydroxyl groups excluding tert-OH is 1. The SMILES string of the molecule is CC(CO)CNC(=O)c1cc2ccccc2cc1NC(=O)C(C)C. The van der Waals surface area contributed by atoms with Crippen molar-refractivity contribution in [3.8, 4) is 0 Å². The van der Waals surface area contributed by atoms with Gasteiger partial charge in [0.15, 0.2) is 0 Å². The Balaban J connectivity index is 2.37. The molecule has 0 aromatic heterocycles. The average Bonchev–Trinajstić information content (AvgIpc) is 2.58. The van der Waals surface area contributed by atoms with Crippen LogP contribution in [0.15, 0.2) is 36.4 Å². The fourth-order valence-electron chi connectivity index (χ4n) is 2.24. The number of benzene rings is 2. The highest BCUT2D eigenvalue weighted by molar-refractivity contribution is 6.08. The minimum absolute atomic E-state index is 0.00887. The molecular weight excluding hydrogens is 304 g/mol. The molecule has 0 bridgehead atoms. The van der Waals surface area contributed by atoms with Crippen molar-refractivity contribution < 1.29 is 14.7 Å². The van der Waals surface area contributed by atoms with Gasteiger partial charge in [-0.05, 0) is 28.8 Å². The van der Waals surface area contributed by atoms with Crippen LogP contribution in [0.4, 0.5) is 5.69 Å². The Morgan fingerprint density at radius 2 is 1.71 bits per heavy atom. The topological polar surface area (TPSA) is 78.4 Å². The highest BCUT2D eigenvalue weighted by Gasteiger charge is 2.16. The summed E-state index contributed by atoms with van der Waals surface area (Å²) < 4.78 is 0. The molecule has 0 radical (unpaired) electrons. The van der Waals surface area contributed by atoms with E-state index in [2.05, 4.69) is 10.6 Å². The molecule has 0 spiro atoms. The van der Waals surface area contributed by atoms with Gasteiger partial charge >= 0.3 is 0 Å². The molecular formula is C19H24N2O3. The highest BCUT2D eigenvalue weighted by Crippen LogP contribution is 2.25. The highest BCUT2D eigenvalue weighted by atomic mass is 16.3. The Bertz CT molecular complexity index is 740. The number of anilines is 1. The first-order valence-corrected chi connectivity index (χ1v) is 8.15. The predicted molar refractivity (Wildman–Crippen MR) is 96.0 cm³/mol. The second-order valence-electron chi connectivity index (χ2n) is 6.39. The van der Waals surface area contributed by atoms with Gasteiger partial charge in [0.1, 0.15) is 0 Å². The van der Waals surface area contributed by atoms with Gasteiger partial charge in [-0.1, -0.05) is 45.0 Å². The van der Waals surface area contributed by atoms with Gasteiger partial charge in [0, 0.05) is 19.1 Å². The number of carbonyl (C=O) groups is 2. The summed E-state index contributed by atoms with van der Waals surface area (Å²) in [7, 11) is 0. The third-order valence-corrected chi connectivity index (χ3v) is 3.84. The van der Waals surface area contributed by atoms with E-state index in [9.17, 15) is 9.59 Å². The van der Waals surface area contributed by atoms with Crippen LogP contribution in [0.3, 0.4) is 0 Å². The smallest absolute Gasteiger partial charge is 0.253 e. The number of hydrogen-bond donors (Lipinski definition) is 3.